The lowest BCUT2D eigenvalue weighted by Gasteiger charge is -2.30. The van der Waals surface area contributed by atoms with Crippen molar-refractivity contribution in [3.05, 3.63) is 48.5 Å². The summed E-state index contributed by atoms with van der Waals surface area (Å²) in [4.78, 5) is 24.6. The minimum absolute atomic E-state index is 0.214. The maximum absolute atomic E-state index is 12.6. The van der Waals surface area contributed by atoms with E-state index in [9.17, 15) is 18.4 Å². The average molecular weight is 409 g/mol. The van der Waals surface area contributed by atoms with E-state index < -0.39 is 36.4 Å². The Hall–Kier alpha value is -2.81. The fourth-order valence-electron chi connectivity index (χ4n) is 2.55. The van der Waals surface area contributed by atoms with Gasteiger partial charge in [-0.2, -0.15) is 8.78 Å². The lowest BCUT2D eigenvalue weighted by molar-refractivity contribution is -0.159. The molecule has 1 heterocycles. The summed E-state index contributed by atoms with van der Waals surface area (Å²) in [6.45, 7) is 1.07. The molecule has 9 heteroatoms. The van der Waals surface area contributed by atoms with Crippen LogP contribution in [0.15, 0.2) is 53.4 Å². The van der Waals surface area contributed by atoms with E-state index in [0.717, 1.165) is 0 Å². The Morgan fingerprint density at radius 1 is 1.11 bits per heavy atom. The predicted molar refractivity (Wildman–Crippen MR) is 98.8 cm³/mol. The highest BCUT2D eigenvalue weighted by molar-refractivity contribution is 7.99. The summed E-state index contributed by atoms with van der Waals surface area (Å²) >= 11 is 0.316. The number of esters is 1. The van der Waals surface area contributed by atoms with Crippen LogP contribution >= 0.6 is 11.8 Å². The van der Waals surface area contributed by atoms with Crippen LogP contribution in [0.25, 0.3) is 0 Å². The number of alkyl halides is 2. The van der Waals surface area contributed by atoms with Gasteiger partial charge in [-0.3, -0.25) is 4.79 Å². The van der Waals surface area contributed by atoms with Crippen molar-refractivity contribution in [2.24, 2.45) is 0 Å². The zero-order valence-electron chi connectivity index (χ0n) is 14.8. The van der Waals surface area contributed by atoms with Crippen LogP contribution < -0.4 is 14.8 Å². The molecule has 3 rings (SSSR count). The molecule has 2 atom stereocenters. The molecule has 0 aromatic heterocycles. The first-order chi connectivity index (χ1) is 13.4. The number of fused-ring (bicyclic) bond motifs is 1. The Labute approximate surface area is 164 Å². The van der Waals surface area contributed by atoms with Crippen molar-refractivity contribution in [3.8, 4) is 11.5 Å². The molecule has 2 aromatic carbocycles. The molecular weight excluding hydrogens is 392 g/mol. The number of hydrogen-bond acceptors (Lipinski definition) is 6. The second-order valence-corrected chi connectivity index (χ2v) is 6.87. The lowest BCUT2D eigenvalue weighted by atomic mass is 10.2. The van der Waals surface area contributed by atoms with E-state index in [4.69, 9.17) is 14.2 Å². The molecule has 0 fully saturated rings. The topological polar surface area (TPSA) is 73.9 Å². The van der Waals surface area contributed by atoms with Crippen LogP contribution in [0.5, 0.6) is 11.5 Å². The molecule has 2 aromatic rings. The first-order valence-corrected chi connectivity index (χ1v) is 9.24. The second kappa shape index (κ2) is 8.92. The minimum atomic E-state index is -2.62. The van der Waals surface area contributed by atoms with Gasteiger partial charge in [0.05, 0.1) is 5.69 Å². The van der Waals surface area contributed by atoms with Gasteiger partial charge in [0, 0.05) is 4.90 Å². The third-order valence-corrected chi connectivity index (χ3v) is 4.59. The van der Waals surface area contributed by atoms with Crippen LogP contribution in [-0.4, -0.2) is 36.4 Å². The number of ether oxygens (including phenoxy) is 3. The zero-order chi connectivity index (χ0) is 20.1. The number of halogens is 2. The van der Waals surface area contributed by atoms with E-state index in [1.165, 1.54) is 12.1 Å². The van der Waals surface area contributed by atoms with E-state index in [2.05, 4.69) is 5.32 Å². The van der Waals surface area contributed by atoms with E-state index >= 15 is 0 Å². The Morgan fingerprint density at radius 2 is 1.75 bits per heavy atom. The number of hydrogen-bond donors (Lipinski definition) is 1. The third-order valence-electron chi connectivity index (χ3n) is 3.80. The van der Waals surface area contributed by atoms with E-state index in [1.54, 1.807) is 43.3 Å². The summed E-state index contributed by atoms with van der Waals surface area (Å²) in [5.41, 5.74) is 0.216. The molecule has 0 bridgehead atoms. The molecule has 2 unspecified atom stereocenters. The highest BCUT2D eigenvalue weighted by atomic mass is 32.2. The Kier molecular flexibility index (Phi) is 6.35. The van der Waals surface area contributed by atoms with Gasteiger partial charge in [0.2, 0.25) is 6.10 Å². The van der Waals surface area contributed by atoms with Crippen molar-refractivity contribution in [1.29, 1.82) is 0 Å². The van der Waals surface area contributed by atoms with Crippen LogP contribution in [-0.2, 0) is 14.3 Å². The molecule has 0 saturated heterocycles. The quantitative estimate of drug-likeness (QED) is 0.579. The molecule has 1 aliphatic heterocycles. The van der Waals surface area contributed by atoms with Gasteiger partial charge in [-0.15, -0.1) is 0 Å². The van der Waals surface area contributed by atoms with Gasteiger partial charge in [0.15, 0.2) is 18.1 Å². The normalized spacial score (nSPS) is 17.9. The molecule has 0 saturated carbocycles. The number of rotatable bonds is 6. The second-order valence-electron chi connectivity index (χ2n) is 5.84. The molecule has 1 aliphatic rings. The molecule has 28 heavy (non-hydrogen) atoms. The van der Waals surface area contributed by atoms with Gasteiger partial charge in [-0.05, 0) is 31.2 Å². The number of amides is 1. The lowest BCUT2D eigenvalue weighted by Crippen LogP contribution is -2.45. The molecular formula is C19H17F2NO5S. The van der Waals surface area contributed by atoms with Crippen LogP contribution in [0.4, 0.5) is 14.5 Å². The predicted octanol–water partition coefficient (Wildman–Crippen LogP) is 3.71. The average Bonchev–Trinajstić information content (AvgIpc) is 2.66. The van der Waals surface area contributed by atoms with E-state index in [0.29, 0.717) is 23.3 Å². The smallest absolute Gasteiger partial charge is 0.351 e. The summed E-state index contributed by atoms with van der Waals surface area (Å²) in [5, 5.41) is 2.46. The number of para-hydroxylation sites is 3. The molecule has 1 N–H and O–H groups in total. The Bertz CT molecular complexity index is 864. The van der Waals surface area contributed by atoms with Gasteiger partial charge < -0.3 is 19.5 Å². The minimum Gasteiger partial charge on any atom is -0.482 e. The molecule has 6 nitrogen and oxygen atoms in total. The highest BCUT2D eigenvalue weighted by Crippen LogP contribution is 2.34. The van der Waals surface area contributed by atoms with E-state index in [1.807, 2.05) is 0 Å². The van der Waals surface area contributed by atoms with Gasteiger partial charge in [0.25, 0.3) is 11.7 Å². The maximum atomic E-state index is 12.6. The van der Waals surface area contributed by atoms with Gasteiger partial charge in [0.1, 0.15) is 6.10 Å². The molecule has 0 aliphatic carbocycles. The first kappa shape index (κ1) is 19.9. The van der Waals surface area contributed by atoms with Crippen LogP contribution in [0.2, 0.25) is 0 Å². The van der Waals surface area contributed by atoms with E-state index in [-0.39, 0.29) is 10.6 Å². The fraction of sp³-hybridized carbons (Fsp3) is 0.263. The van der Waals surface area contributed by atoms with Crippen molar-refractivity contribution >= 4 is 29.3 Å². The largest absolute Gasteiger partial charge is 0.482 e. The summed E-state index contributed by atoms with van der Waals surface area (Å²) < 4.78 is 41.4. The molecule has 0 radical (unpaired) electrons. The standard InChI is InChI=1S/C19H17F2NO5S/c1-11-17(27-14-8-4-3-7-13(14)26-11)18(24)25-10-16(23)22-12-6-2-5-9-15(12)28-19(20)21/h2-9,11,17,19H,10H2,1H3,(H,22,23). The summed E-state index contributed by atoms with van der Waals surface area (Å²) in [7, 11) is 0. The summed E-state index contributed by atoms with van der Waals surface area (Å²) in [6, 6.07) is 13.0. The van der Waals surface area contributed by atoms with Crippen molar-refractivity contribution in [2.75, 3.05) is 11.9 Å². The number of benzene rings is 2. The number of thioether (sulfide) groups is 1. The van der Waals surface area contributed by atoms with Gasteiger partial charge in [-0.25, -0.2) is 4.79 Å². The number of anilines is 1. The SMILES string of the molecule is CC1Oc2ccccc2OC1C(=O)OCC(=O)Nc1ccccc1SC(F)F. The zero-order valence-corrected chi connectivity index (χ0v) is 15.6. The number of carbonyl (C=O) groups is 2. The van der Waals surface area contributed by atoms with Crippen molar-refractivity contribution in [2.45, 2.75) is 29.8 Å². The third kappa shape index (κ3) is 4.92. The number of carbonyl (C=O) groups excluding carboxylic acids is 2. The van der Waals surface area contributed by atoms with Crippen molar-refractivity contribution in [1.82, 2.24) is 0 Å². The highest BCUT2D eigenvalue weighted by Gasteiger charge is 2.35. The van der Waals surface area contributed by atoms with Crippen LogP contribution in [0, 0.1) is 0 Å². The molecule has 1 amide bonds. The van der Waals surface area contributed by atoms with Gasteiger partial charge in [-0.1, -0.05) is 36.0 Å². The summed E-state index contributed by atoms with van der Waals surface area (Å²) in [6.07, 6.45) is -1.63. The monoisotopic (exact) mass is 409 g/mol. The van der Waals surface area contributed by atoms with Crippen LogP contribution in [0.3, 0.4) is 0 Å². The molecule has 148 valence electrons. The van der Waals surface area contributed by atoms with Gasteiger partial charge >= 0.3 is 5.97 Å². The number of nitrogens with one attached hydrogen (secondary N) is 1. The Morgan fingerprint density at radius 3 is 2.46 bits per heavy atom. The maximum Gasteiger partial charge on any atom is 0.351 e. The Balaban J connectivity index is 1.56. The van der Waals surface area contributed by atoms with Crippen molar-refractivity contribution < 1.29 is 32.6 Å². The summed E-state index contributed by atoms with van der Waals surface area (Å²) in [5.74, 6) is -3.11. The fourth-order valence-corrected chi connectivity index (χ4v) is 3.15. The van der Waals surface area contributed by atoms with Crippen molar-refractivity contribution in [3.63, 3.8) is 0 Å². The van der Waals surface area contributed by atoms with Crippen LogP contribution in [0.1, 0.15) is 6.92 Å². The first-order valence-electron chi connectivity index (χ1n) is 8.36. The molecule has 0 spiro atoms.